The third-order valence-corrected chi connectivity index (χ3v) is 0.551. The first kappa shape index (κ1) is 6.56. The van der Waals surface area contributed by atoms with E-state index < -0.39 is 17.7 Å². The lowest BCUT2D eigenvalue weighted by atomic mass is 10.5. The summed E-state index contributed by atoms with van der Waals surface area (Å²) in [6.07, 6.45) is 0. The van der Waals surface area contributed by atoms with Crippen molar-refractivity contribution in [2.75, 3.05) is 6.67 Å². The van der Waals surface area contributed by atoms with Gasteiger partial charge in [0.05, 0.1) is 0 Å². The number of alkyl halides is 1. The van der Waals surface area contributed by atoms with E-state index in [1.54, 1.807) is 0 Å². The molecule has 0 aromatic rings. The topological polar surface area (TPSA) is 34.1 Å². The fourth-order valence-electron chi connectivity index (χ4n) is 0.0525. The fourth-order valence-corrected chi connectivity index (χ4v) is 0.103. The van der Waals surface area contributed by atoms with E-state index in [9.17, 15) is 14.0 Å². The maximum Gasteiger partial charge on any atom is 0.290 e. The molecule has 0 amide bonds. The summed E-state index contributed by atoms with van der Waals surface area (Å²) in [5.74, 6) is -1.19. The van der Waals surface area contributed by atoms with Crippen LogP contribution in [-0.2, 0) is 9.59 Å². The van der Waals surface area contributed by atoms with Crippen LogP contribution >= 0.6 is 11.6 Å². The number of rotatable bonds is 2. The van der Waals surface area contributed by atoms with Crippen molar-refractivity contribution < 1.29 is 14.0 Å². The molecule has 0 rings (SSSR count). The maximum atomic E-state index is 11.0. The van der Waals surface area contributed by atoms with Gasteiger partial charge in [-0.3, -0.25) is 9.59 Å². The van der Waals surface area contributed by atoms with E-state index in [1.807, 2.05) is 0 Å². The molecule has 0 saturated carbocycles. The minimum atomic E-state index is -1.30. The SMILES string of the molecule is O=C(Cl)C(=O)CF. The zero-order valence-corrected chi connectivity index (χ0v) is 4.04. The predicted octanol–water partition coefficient (Wildman–Crippen LogP) is 0.290. The van der Waals surface area contributed by atoms with Gasteiger partial charge in [-0.2, -0.15) is 0 Å². The molecule has 0 N–H and O–H groups in total. The van der Waals surface area contributed by atoms with Gasteiger partial charge in [0.1, 0.15) is 0 Å². The molecule has 0 radical (unpaired) electrons. The Morgan fingerprint density at radius 3 is 2.00 bits per heavy atom. The third kappa shape index (κ3) is 2.28. The minimum absolute atomic E-state index is 1.19. The normalized spacial score (nSPS) is 8.29. The largest absolute Gasteiger partial charge is 0.290 e. The van der Waals surface area contributed by atoms with E-state index in [2.05, 4.69) is 11.6 Å². The van der Waals surface area contributed by atoms with Gasteiger partial charge < -0.3 is 0 Å². The number of halogens is 2. The number of carbonyl (C=O) groups is 2. The molecule has 0 spiro atoms. The number of hydrogen-bond acceptors (Lipinski definition) is 2. The van der Waals surface area contributed by atoms with Crippen LogP contribution in [0.2, 0.25) is 0 Å². The van der Waals surface area contributed by atoms with Gasteiger partial charge >= 0.3 is 0 Å². The summed E-state index contributed by atoms with van der Waals surface area (Å²) in [7, 11) is 0. The highest BCUT2D eigenvalue weighted by atomic mass is 35.5. The van der Waals surface area contributed by atoms with Crippen LogP contribution in [0, 0.1) is 0 Å². The van der Waals surface area contributed by atoms with Crippen LogP contribution < -0.4 is 0 Å². The number of ketones is 1. The van der Waals surface area contributed by atoms with Gasteiger partial charge in [0.2, 0.25) is 5.78 Å². The summed E-state index contributed by atoms with van der Waals surface area (Å²) in [6.45, 7) is -1.30. The van der Waals surface area contributed by atoms with E-state index in [-0.39, 0.29) is 0 Å². The molecule has 2 nitrogen and oxygen atoms in total. The lowest BCUT2D eigenvalue weighted by Crippen LogP contribution is -2.07. The molecule has 0 aliphatic rings. The summed E-state index contributed by atoms with van der Waals surface area (Å²) in [5.41, 5.74) is 0. The predicted molar refractivity (Wildman–Crippen MR) is 21.8 cm³/mol. The van der Waals surface area contributed by atoms with Crippen molar-refractivity contribution in [2.24, 2.45) is 0 Å². The van der Waals surface area contributed by atoms with Gasteiger partial charge in [-0.05, 0) is 11.6 Å². The first-order chi connectivity index (χ1) is 3.18. The van der Waals surface area contributed by atoms with Gasteiger partial charge in [-0.25, -0.2) is 4.39 Å². The van der Waals surface area contributed by atoms with Crippen molar-refractivity contribution >= 4 is 22.6 Å². The monoisotopic (exact) mass is 124 g/mol. The van der Waals surface area contributed by atoms with E-state index >= 15 is 0 Å². The highest BCUT2D eigenvalue weighted by molar-refractivity contribution is 6.81. The van der Waals surface area contributed by atoms with Gasteiger partial charge in [0, 0.05) is 0 Å². The Kier molecular flexibility index (Phi) is 2.52. The fraction of sp³-hybridized carbons (Fsp3) is 0.333. The Labute approximate surface area is 44.3 Å². The van der Waals surface area contributed by atoms with E-state index in [4.69, 9.17) is 0 Å². The van der Waals surface area contributed by atoms with Crippen LogP contribution in [0.5, 0.6) is 0 Å². The Balaban J connectivity index is 3.58. The second-order valence-corrected chi connectivity index (χ2v) is 1.17. The zero-order chi connectivity index (χ0) is 5.86. The zero-order valence-electron chi connectivity index (χ0n) is 3.28. The molecule has 40 valence electrons. The molecule has 0 aliphatic heterocycles. The second-order valence-electron chi connectivity index (χ2n) is 0.831. The van der Waals surface area contributed by atoms with Crippen LogP contribution in [0.25, 0.3) is 0 Å². The van der Waals surface area contributed by atoms with Crippen molar-refractivity contribution in [2.45, 2.75) is 0 Å². The number of hydrogen-bond donors (Lipinski definition) is 0. The van der Waals surface area contributed by atoms with Crippen molar-refractivity contribution in [1.82, 2.24) is 0 Å². The standard InChI is InChI=1S/C3H2ClFO2/c4-3(7)2(6)1-5/h1H2. The van der Waals surface area contributed by atoms with Crippen molar-refractivity contribution in [3.05, 3.63) is 0 Å². The molecular formula is C3H2ClFO2. The lowest BCUT2D eigenvalue weighted by molar-refractivity contribution is -0.132. The molecule has 0 saturated heterocycles. The van der Waals surface area contributed by atoms with Gasteiger partial charge in [-0.15, -0.1) is 0 Å². The van der Waals surface area contributed by atoms with Gasteiger partial charge in [0.25, 0.3) is 5.24 Å². The summed E-state index contributed by atoms with van der Waals surface area (Å²) in [4.78, 5) is 19.2. The molecular weight excluding hydrogens is 122 g/mol. The molecule has 4 heteroatoms. The van der Waals surface area contributed by atoms with Crippen molar-refractivity contribution in [3.8, 4) is 0 Å². The van der Waals surface area contributed by atoms with Crippen LogP contribution in [-0.4, -0.2) is 17.7 Å². The van der Waals surface area contributed by atoms with E-state index in [0.29, 0.717) is 0 Å². The van der Waals surface area contributed by atoms with E-state index in [0.717, 1.165) is 0 Å². The average molecular weight is 124 g/mol. The summed E-state index contributed by atoms with van der Waals surface area (Å²) < 4.78 is 11.0. The first-order valence-electron chi connectivity index (χ1n) is 1.47. The van der Waals surface area contributed by atoms with Crippen molar-refractivity contribution in [3.63, 3.8) is 0 Å². The molecule has 0 atom stereocenters. The Morgan fingerprint density at radius 2 is 2.00 bits per heavy atom. The third-order valence-electron chi connectivity index (χ3n) is 0.341. The lowest BCUT2D eigenvalue weighted by Gasteiger charge is -1.76. The summed E-state index contributed by atoms with van der Waals surface area (Å²) in [5, 5.41) is -1.25. The Hall–Kier alpha value is -0.440. The average Bonchev–Trinajstić information content (AvgIpc) is 1.65. The number of Topliss-reactive ketones (excluding diaryl/α,β-unsaturated/α-hetero) is 1. The molecule has 0 fully saturated rings. The van der Waals surface area contributed by atoms with Crippen LogP contribution in [0.1, 0.15) is 0 Å². The van der Waals surface area contributed by atoms with Crippen LogP contribution in [0.15, 0.2) is 0 Å². The minimum Gasteiger partial charge on any atom is -0.286 e. The molecule has 0 bridgehead atoms. The molecule has 7 heavy (non-hydrogen) atoms. The Bertz CT molecular complexity index is 101. The second kappa shape index (κ2) is 2.69. The first-order valence-corrected chi connectivity index (χ1v) is 1.85. The smallest absolute Gasteiger partial charge is 0.286 e. The molecule has 0 aromatic carbocycles. The summed E-state index contributed by atoms with van der Waals surface area (Å²) >= 11 is 4.50. The molecule has 0 unspecified atom stereocenters. The Morgan fingerprint density at radius 1 is 1.57 bits per heavy atom. The summed E-state index contributed by atoms with van der Waals surface area (Å²) in [6, 6.07) is 0. The maximum absolute atomic E-state index is 11.0. The van der Waals surface area contributed by atoms with Crippen LogP contribution in [0.3, 0.4) is 0 Å². The number of carbonyl (C=O) groups excluding carboxylic acids is 2. The van der Waals surface area contributed by atoms with Gasteiger partial charge in [-0.1, -0.05) is 0 Å². The van der Waals surface area contributed by atoms with Crippen LogP contribution in [0.4, 0.5) is 4.39 Å². The highest BCUT2D eigenvalue weighted by Crippen LogP contribution is 1.81. The highest BCUT2D eigenvalue weighted by Gasteiger charge is 2.07. The molecule has 0 heterocycles. The van der Waals surface area contributed by atoms with Crippen molar-refractivity contribution in [1.29, 1.82) is 0 Å². The molecule has 0 aromatic heterocycles. The quantitative estimate of drug-likeness (QED) is 0.392. The van der Waals surface area contributed by atoms with E-state index in [1.165, 1.54) is 0 Å². The molecule has 0 aliphatic carbocycles. The van der Waals surface area contributed by atoms with Gasteiger partial charge in [0.15, 0.2) is 6.67 Å².